The first-order valence-electron chi connectivity index (χ1n) is 8.73. The first-order valence-corrected chi connectivity index (χ1v) is 9.90. The van der Waals surface area contributed by atoms with Crippen LogP contribution < -0.4 is 15.8 Å². The number of aromatic nitrogens is 2. The Bertz CT molecular complexity index is 804. The van der Waals surface area contributed by atoms with Crippen molar-refractivity contribution in [2.24, 2.45) is 7.05 Å². The van der Waals surface area contributed by atoms with Gasteiger partial charge in [0.05, 0.1) is 11.9 Å². The Morgan fingerprint density at radius 1 is 1.27 bits per heavy atom. The molecule has 1 aliphatic rings. The summed E-state index contributed by atoms with van der Waals surface area (Å²) >= 11 is 9.42. The van der Waals surface area contributed by atoms with Crippen LogP contribution in [0.3, 0.4) is 0 Å². The van der Waals surface area contributed by atoms with Crippen LogP contribution in [0.25, 0.3) is 0 Å². The van der Waals surface area contributed by atoms with Crippen LogP contribution in [-0.4, -0.2) is 53.9 Å². The maximum absolute atomic E-state index is 11.8. The molecule has 6 nitrogen and oxygen atoms in total. The molecule has 1 saturated heterocycles. The number of halogens is 2. The van der Waals surface area contributed by atoms with E-state index in [9.17, 15) is 4.79 Å². The van der Waals surface area contributed by atoms with Gasteiger partial charge in [0, 0.05) is 50.5 Å². The van der Waals surface area contributed by atoms with Gasteiger partial charge in [-0.2, -0.15) is 5.10 Å². The molecule has 3 rings (SSSR count). The lowest BCUT2D eigenvalue weighted by molar-refractivity contribution is 0.257. The molecule has 8 heteroatoms. The fraction of sp³-hybridized carbons (Fsp3) is 0.444. The van der Waals surface area contributed by atoms with E-state index in [1.807, 2.05) is 18.2 Å². The molecule has 140 valence electrons. The number of hydrogen-bond donors (Lipinski definition) is 1. The maximum atomic E-state index is 11.8. The highest BCUT2D eigenvalue weighted by molar-refractivity contribution is 9.10. The fourth-order valence-corrected chi connectivity index (χ4v) is 3.75. The topological polar surface area (TPSA) is 53.4 Å². The standard InChI is InChI=1S/C18H23BrClN5O/c1-23-18(26)17(19)16(13-22-23)21-6-3-7-24-8-10-25(11-9-24)15-5-2-4-14(20)12-15/h2,4-5,12-13,21H,3,6-11H2,1H3. The molecule has 0 unspecified atom stereocenters. The monoisotopic (exact) mass is 439 g/mol. The van der Waals surface area contributed by atoms with Crippen LogP contribution in [-0.2, 0) is 7.05 Å². The zero-order valence-electron chi connectivity index (χ0n) is 14.8. The summed E-state index contributed by atoms with van der Waals surface area (Å²) in [6.45, 7) is 5.96. The summed E-state index contributed by atoms with van der Waals surface area (Å²) in [4.78, 5) is 16.7. The quantitative estimate of drug-likeness (QED) is 0.700. The van der Waals surface area contributed by atoms with Gasteiger partial charge in [-0.25, -0.2) is 4.68 Å². The number of benzene rings is 1. The molecule has 26 heavy (non-hydrogen) atoms. The van der Waals surface area contributed by atoms with Gasteiger partial charge in [-0.15, -0.1) is 0 Å². The molecule has 2 aromatic rings. The number of aryl methyl sites for hydroxylation is 1. The second-order valence-electron chi connectivity index (χ2n) is 6.39. The molecule has 0 spiro atoms. The molecular formula is C18H23BrClN5O. The third-order valence-electron chi connectivity index (χ3n) is 4.59. The number of hydrogen-bond acceptors (Lipinski definition) is 5. The van der Waals surface area contributed by atoms with Crippen LogP contribution in [0.1, 0.15) is 6.42 Å². The normalized spacial score (nSPS) is 15.3. The molecule has 0 radical (unpaired) electrons. The van der Waals surface area contributed by atoms with E-state index in [0.717, 1.165) is 56.4 Å². The van der Waals surface area contributed by atoms with Crippen molar-refractivity contribution in [2.75, 3.05) is 49.5 Å². The molecule has 0 aliphatic carbocycles. The van der Waals surface area contributed by atoms with E-state index < -0.39 is 0 Å². The van der Waals surface area contributed by atoms with Gasteiger partial charge in [-0.05, 0) is 47.1 Å². The minimum atomic E-state index is -0.132. The average molecular weight is 441 g/mol. The van der Waals surface area contributed by atoms with Gasteiger partial charge in [-0.3, -0.25) is 9.69 Å². The van der Waals surface area contributed by atoms with Crippen LogP contribution in [0.2, 0.25) is 5.02 Å². The van der Waals surface area contributed by atoms with Crippen LogP contribution in [0.15, 0.2) is 39.7 Å². The number of anilines is 2. The molecule has 1 N–H and O–H groups in total. The van der Waals surface area contributed by atoms with Gasteiger partial charge in [0.25, 0.3) is 5.56 Å². The average Bonchev–Trinajstić information content (AvgIpc) is 2.65. The van der Waals surface area contributed by atoms with Crippen molar-refractivity contribution in [3.05, 3.63) is 50.3 Å². The van der Waals surface area contributed by atoms with Crippen molar-refractivity contribution in [2.45, 2.75) is 6.42 Å². The molecular weight excluding hydrogens is 418 g/mol. The van der Waals surface area contributed by atoms with E-state index in [2.05, 4.69) is 42.2 Å². The molecule has 2 heterocycles. The third kappa shape index (κ3) is 4.78. The molecule has 0 amide bonds. The Morgan fingerprint density at radius 2 is 2.04 bits per heavy atom. The van der Waals surface area contributed by atoms with Crippen molar-refractivity contribution in [3.8, 4) is 0 Å². The zero-order chi connectivity index (χ0) is 18.5. The lowest BCUT2D eigenvalue weighted by Crippen LogP contribution is -2.46. The Morgan fingerprint density at radius 3 is 2.77 bits per heavy atom. The van der Waals surface area contributed by atoms with E-state index in [4.69, 9.17) is 11.6 Å². The maximum Gasteiger partial charge on any atom is 0.282 e. The Labute approximate surface area is 166 Å². The molecule has 1 aromatic carbocycles. The molecule has 0 atom stereocenters. The molecule has 1 fully saturated rings. The van der Waals surface area contributed by atoms with Gasteiger partial charge in [0.2, 0.25) is 0 Å². The smallest absolute Gasteiger partial charge is 0.282 e. The SMILES string of the molecule is Cn1ncc(NCCCN2CCN(c3cccc(Cl)c3)CC2)c(Br)c1=O. The minimum Gasteiger partial charge on any atom is -0.383 e. The van der Waals surface area contributed by atoms with Crippen molar-refractivity contribution in [1.29, 1.82) is 0 Å². The molecule has 1 aromatic heterocycles. The minimum absolute atomic E-state index is 0.132. The van der Waals surface area contributed by atoms with Crippen molar-refractivity contribution in [1.82, 2.24) is 14.7 Å². The van der Waals surface area contributed by atoms with E-state index in [1.165, 1.54) is 10.4 Å². The highest BCUT2D eigenvalue weighted by atomic mass is 79.9. The zero-order valence-corrected chi connectivity index (χ0v) is 17.1. The van der Waals surface area contributed by atoms with Crippen molar-refractivity contribution in [3.63, 3.8) is 0 Å². The number of rotatable bonds is 6. The van der Waals surface area contributed by atoms with Crippen molar-refractivity contribution >= 4 is 38.9 Å². The van der Waals surface area contributed by atoms with Crippen LogP contribution in [0.5, 0.6) is 0 Å². The van der Waals surface area contributed by atoms with Crippen molar-refractivity contribution < 1.29 is 0 Å². The molecule has 0 bridgehead atoms. The number of piperazine rings is 1. The Kier molecular flexibility index (Phi) is 6.56. The van der Waals surface area contributed by atoms with Crippen LogP contribution in [0, 0.1) is 0 Å². The molecule has 0 saturated carbocycles. The lowest BCUT2D eigenvalue weighted by Gasteiger charge is -2.36. The highest BCUT2D eigenvalue weighted by Gasteiger charge is 2.17. The highest BCUT2D eigenvalue weighted by Crippen LogP contribution is 2.21. The number of nitrogens with zero attached hydrogens (tertiary/aromatic N) is 4. The predicted octanol–water partition coefficient (Wildman–Crippen LogP) is 2.82. The summed E-state index contributed by atoms with van der Waals surface area (Å²) in [5, 5.41) is 8.11. The van der Waals surface area contributed by atoms with E-state index in [1.54, 1.807) is 13.2 Å². The second kappa shape index (κ2) is 8.88. The third-order valence-corrected chi connectivity index (χ3v) is 5.59. The van der Waals surface area contributed by atoms with E-state index in [-0.39, 0.29) is 5.56 Å². The van der Waals surface area contributed by atoms with Gasteiger partial charge < -0.3 is 10.2 Å². The van der Waals surface area contributed by atoms with E-state index >= 15 is 0 Å². The first kappa shape index (κ1) is 19.2. The summed E-state index contributed by atoms with van der Waals surface area (Å²) in [5.41, 5.74) is 1.81. The van der Waals surface area contributed by atoms with E-state index in [0.29, 0.717) is 4.47 Å². The van der Waals surface area contributed by atoms with Gasteiger partial charge in [-0.1, -0.05) is 17.7 Å². The predicted molar refractivity (Wildman–Crippen MR) is 110 cm³/mol. The summed E-state index contributed by atoms with van der Waals surface area (Å²) in [5.74, 6) is 0. The summed E-state index contributed by atoms with van der Waals surface area (Å²) in [7, 11) is 1.64. The molecule has 1 aliphatic heterocycles. The Hall–Kier alpha value is -1.57. The Balaban J connectivity index is 1.41. The fourth-order valence-electron chi connectivity index (χ4n) is 3.06. The largest absolute Gasteiger partial charge is 0.383 e. The second-order valence-corrected chi connectivity index (χ2v) is 7.62. The summed E-state index contributed by atoms with van der Waals surface area (Å²) < 4.78 is 1.85. The first-order chi connectivity index (χ1) is 12.5. The van der Waals surface area contributed by atoms with Gasteiger partial charge in [0.15, 0.2) is 0 Å². The van der Waals surface area contributed by atoms with Gasteiger partial charge in [0.1, 0.15) is 4.47 Å². The number of nitrogens with one attached hydrogen (secondary N) is 1. The lowest BCUT2D eigenvalue weighted by atomic mass is 10.2. The summed E-state index contributed by atoms with van der Waals surface area (Å²) in [6.07, 6.45) is 2.69. The summed E-state index contributed by atoms with van der Waals surface area (Å²) in [6, 6.07) is 8.04. The van der Waals surface area contributed by atoms with Crippen LogP contribution >= 0.6 is 27.5 Å². The van der Waals surface area contributed by atoms with Crippen LogP contribution in [0.4, 0.5) is 11.4 Å². The van der Waals surface area contributed by atoms with Gasteiger partial charge >= 0.3 is 0 Å².